The van der Waals surface area contributed by atoms with Gasteiger partial charge in [-0.3, -0.25) is 0 Å². The number of carboxylic acids is 1. The molecule has 4 nitrogen and oxygen atoms in total. The zero-order chi connectivity index (χ0) is 13.1. The molecule has 2 rings (SSSR count). The van der Waals surface area contributed by atoms with Crippen molar-refractivity contribution < 1.29 is 14.6 Å². The van der Waals surface area contributed by atoms with E-state index in [0.29, 0.717) is 15.2 Å². The van der Waals surface area contributed by atoms with Crippen molar-refractivity contribution in [2.24, 2.45) is 0 Å². The lowest BCUT2D eigenvalue weighted by Crippen LogP contribution is -2.02. The van der Waals surface area contributed by atoms with Gasteiger partial charge in [-0.2, -0.15) is 0 Å². The van der Waals surface area contributed by atoms with Crippen molar-refractivity contribution >= 4 is 33.5 Å². The number of ether oxygens (including phenoxy) is 1. The maximum atomic E-state index is 11.1. The first-order chi connectivity index (χ1) is 8.56. The van der Waals surface area contributed by atoms with Gasteiger partial charge in [0.2, 0.25) is 5.88 Å². The highest BCUT2D eigenvalue weighted by Crippen LogP contribution is 2.27. The van der Waals surface area contributed by atoms with Crippen LogP contribution in [0.15, 0.2) is 41.0 Å². The van der Waals surface area contributed by atoms with Gasteiger partial charge in [-0.1, -0.05) is 17.7 Å². The molecule has 92 valence electrons. The third-order valence-electron chi connectivity index (χ3n) is 2.06. The van der Waals surface area contributed by atoms with Crippen molar-refractivity contribution in [3.8, 4) is 11.6 Å². The number of halogens is 2. The van der Waals surface area contributed by atoms with E-state index in [1.165, 1.54) is 12.3 Å². The molecule has 18 heavy (non-hydrogen) atoms. The van der Waals surface area contributed by atoms with Crippen molar-refractivity contribution in [2.45, 2.75) is 0 Å². The van der Waals surface area contributed by atoms with Crippen LogP contribution >= 0.6 is 27.5 Å². The average molecular weight is 329 g/mol. The Labute approximate surface area is 116 Å². The van der Waals surface area contributed by atoms with Gasteiger partial charge in [0.05, 0.1) is 0 Å². The van der Waals surface area contributed by atoms with Gasteiger partial charge in [-0.15, -0.1) is 0 Å². The molecular formula is C12H7BrClNO3. The molecule has 1 heterocycles. The van der Waals surface area contributed by atoms with Crippen LogP contribution in [0.25, 0.3) is 0 Å². The van der Waals surface area contributed by atoms with Crippen molar-refractivity contribution in [3.05, 3.63) is 51.6 Å². The summed E-state index contributed by atoms with van der Waals surface area (Å²) in [6, 6.07) is 8.08. The van der Waals surface area contributed by atoms with E-state index in [2.05, 4.69) is 20.9 Å². The van der Waals surface area contributed by atoms with E-state index in [1.807, 2.05) is 0 Å². The van der Waals surface area contributed by atoms with Crippen LogP contribution in [0.5, 0.6) is 11.6 Å². The van der Waals surface area contributed by atoms with E-state index >= 15 is 0 Å². The quantitative estimate of drug-likeness (QED) is 0.925. The number of benzene rings is 1. The maximum Gasteiger partial charge on any atom is 0.341 e. The second-order valence-corrected chi connectivity index (χ2v) is 4.72. The van der Waals surface area contributed by atoms with Gasteiger partial charge in [0.1, 0.15) is 11.3 Å². The molecule has 0 unspecified atom stereocenters. The molecule has 0 atom stereocenters. The third kappa shape index (κ3) is 3.00. The van der Waals surface area contributed by atoms with Crippen LogP contribution in [0, 0.1) is 0 Å². The van der Waals surface area contributed by atoms with Crippen molar-refractivity contribution in [1.29, 1.82) is 0 Å². The second-order valence-electron chi connectivity index (χ2n) is 3.37. The van der Waals surface area contributed by atoms with Crippen molar-refractivity contribution in [2.75, 3.05) is 0 Å². The fraction of sp³-hybridized carbons (Fsp3) is 0. The van der Waals surface area contributed by atoms with Gasteiger partial charge in [-0.25, -0.2) is 9.78 Å². The van der Waals surface area contributed by atoms with Gasteiger partial charge in [0, 0.05) is 15.7 Å². The first-order valence-electron chi connectivity index (χ1n) is 4.88. The Hall–Kier alpha value is -1.59. The number of carbonyl (C=O) groups is 1. The summed E-state index contributed by atoms with van der Waals surface area (Å²) in [5.41, 5.74) is -0.0237. The molecule has 0 bridgehead atoms. The lowest BCUT2D eigenvalue weighted by Gasteiger charge is -2.07. The van der Waals surface area contributed by atoms with Crippen molar-refractivity contribution in [3.63, 3.8) is 0 Å². The predicted octanol–water partition coefficient (Wildman–Crippen LogP) is 3.99. The highest BCUT2D eigenvalue weighted by atomic mass is 79.9. The molecule has 0 spiro atoms. The Balaban J connectivity index is 2.37. The van der Waals surface area contributed by atoms with Crippen molar-refractivity contribution in [1.82, 2.24) is 4.98 Å². The Morgan fingerprint density at radius 3 is 2.83 bits per heavy atom. The zero-order valence-corrected chi connectivity index (χ0v) is 11.3. The summed E-state index contributed by atoms with van der Waals surface area (Å²) in [5.74, 6) is -0.659. The van der Waals surface area contributed by atoms with Crippen LogP contribution in [-0.2, 0) is 0 Å². The molecule has 1 aromatic carbocycles. The first-order valence-corrected chi connectivity index (χ1v) is 6.05. The van der Waals surface area contributed by atoms with E-state index in [9.17, 15) is 4.79 Å². The summed E-state index contributed by atoms with van der Waals surface area (Å²) in [5, 5.41) is 9.56. The van der Waals surface area contributed by atoms with Crippen LogP contribution in [-0.4, -0.2) is 16.1 Å². The molecule has 2 aromatic rings. The van der Waals surface area contributed by atoms with Crippen LogP contribution in [0.3, 0.4) is 0 Å². The summed E-state index contributed by atoms with van der Waals surface area (Å²) < 4.78 is 5.98. The SMILES string of the molecule is O=C(O)c1cc(Br)cnc1Oc1cccc(Cl)c1. The molecule has 0 saturated heterocycles. The number of aromatic nitrogens is 1. The molecule has 0 fully saturated rings. The largest absolute Gasteiger partial charge is 0.477 e. The zero-order valence-electron chi connectivity index (χ0n) is 8.93. The smallest absolute Gasteiger partial charge is 0.341 e. The number of pyridine rings is 1. The summed E-state index contributed by atoms with van der Waals surface area (Å²) >= 11 is 8.97. The Kier molecular flexibility index (Phi) is 3.84. The molecule has 0 amide bonds. The summed E-state index contributed by atoms with van der Waals surface area (Å²) in [6.07, 6.45) is 1.46. The van der Waals surface area contributed by atoms with Crippen LogP contribution in [0.1, 0.15) is 10.4 Å². The molecule has 0 radical (unpaired) electrons. The molecule has 1 N–H and O–H groups in total. The van der Waals surface area contributed by atoms with E-state index in [1.54, 1.807) is 24.3 Å². The van der Waals surface area contributed by atoms with Gasteiger partial charge in [-0.05, 0) is 40.2 Å². The number of rotatable bonds is 3. The van der Waals surface area contributed by atoms with Gasteiger partial charge in [0.25, 0.3) is 0 Å². The Morgan fingerprint density at radius 1 is 1.39 bits per heavy atom. The van der Waals surface area contributed by atoms with Gasteiger partial charge in [0.15, 0.2) is 0 Å². The van der Waals surface area contributed by atoms with E-state index in [4.69, 9.17) is 21.4 Å². The van der Waals surface area contributed by atoms with Crippen LogP contribution < -0.4 is 4.74 Å². The third-order valence-corrected chi connectivity index (χ3v) is 2.73. The molecular weight excluding hydrogens is 321 g/mol. The van der Waals surface area contributed by atoms with Gasteiger partial charge >= 0.3 is 5.97 Å². The van der Waals surface area contributed by atoms with E-state index < -0.39 is 5.97 Å². The number of nitrogens with zero attached hydrogens (tertiary/aromatic N) is 1. The summed E-state index contributed by atoms with van der Waals surface area (Å²) in [7, 11) is 0. The fourth-order valence-electron chi connectivity index (χ4n) is 1.30. The molecule has 6 heteroatoms. The fourth-order valence-corrected chi connectivity index (χ4v) is 1.81. The standard InChI is InChI=1S/C12H7BrClNO3/c13-7-4-10(12(16)17)11(15-6-7)18-9-3-1-2-8(14)5-9/h1-6H,(H,16,17). The first kappa shape index (κ1) is 12.9. The minimum Gasteiger partial charge on any atom is -0.477 e. The highest BCUT2D eigenvalue weighted by Gasteiger charge is 2.14. The predicted molar refractivity (Wildman–Crippen MR) is 70.4 cm³/mol. The number of carboxylic acid groups (broad SMARTS) is 1. The van der Waals surface area contributed by atoms with E-state index in [0.717, 1.165) is 0 Å². The minimum atomic E-state index is -1.11. The monoisotopic (exact) mass is 327 g/mol. The summed E-state index contributed by atoms with van der Waals surface area (Å²) in [4.78, 5) is 15.0. The maximum absolute atomic E-state index is 11.1. The molecule has 0 saturated carbocycles. The normalized spacial score (nSPS) is 10.1. The molecule has 0 aliphatic rings. The number of hydrogen-bond donors (Lipinski definition) is 1. The van der Waals surface area contributed by atoms with Crippen LogP contribution in [0.2, 0.25) is 5.02 Å². The minimum absolute atomic E-state index is 0.0213. The topological polar surface area (TPSA) is 59.4 Å². The summed E-state index contributed by atoms with van der Waals surface area (Å²) in [6.45, 7) is 0. The second kappa shape index (κ2) is 5.37. The molecule has 0 aliphatic heterocycles. The lowest BCUT2D eigenvalue weighted by atomic mass is 10.3. The highest BCUT2D eigenvalue weighted by molar-refractivity contribution is 9.10. The number of aromatic carboxylic acids is 1. The average Bonchev–Trinajstić information content (AvgIpc) is 2.31. The lowest BCUT2D eigenvalue weighted by molar-refractivity contribution is 0.0693. The molecule has 0 aliphatic carbocycles. The molecule has 1 aromatic heterocycles. The van der Waals surface area contributed by atoms with E-state index in [-0.39, 0.29) is 11.4 Å². The van der Waals surface area contributed by atoms with Gasteiger partial charge < -0.3 is 9.84 Å². The number of hydrogen-bond acceptors (Lipinski definition) is 3. The Bertz CT molecular complexity index is 604. The Morgan fingerprint density at radius 2 is 2.17 bits per heavy atom. The van der Waals surface area contributed by atoms with Crippen LogP contribution in [0.4, 0.5) is 0 Å².